The summed E-state index contributed by atoms with van der Waals surface area (Å²) in [6.07, 6.45) is 1.48. The van der Waals surface area contributed by atoms with Crippen LogP contribution in [0.15, 0.2) is 34.9 Å². The number of hydrogen-bond donors (Lipinski definition) is 1. The van der Waals surface area contributed by atoms with Crippen molar-refractivity contribution in [2.24, 2.45) is 0 Å². The first-order valence-electron chi connectivity index (χ1n) is 4.81. The molecule has 0 saturated heterocycles. The summed E-state index contributed by atoms with van der Waals surface area (Å²) in [5.41, 5.74) is 0.539. The number of benzene rings is 1. The lowest BCUT2D eigenvalue weighted by Gasteiger charge is -2.06. The first-order chi connectivity index (χ1) is 8.56. The Morgan fingerprint density at radius 3 is 2.89 bits per heavy atom. The van der Waals surface area contributed by atoms with Crippen molar-refractivity contribution < 1.29 is 4.79 Å². The maximum atomic E-state index is 12.1. The van der Waals surface area contributed by atoms with Crippen LogP contribution in [0.3, 0.4) is 0 Å². The van der Waals surface area contributed by atoms with Crippen molar-refractivity contribution in [3.63, 3.8) is 0 Å². The fourth-order valence-electron chi connectivity index (χ4n) is 1.26. The molecular formula is C11H6BrClIN3O. The fraction of sp³-hybridized carbons (Fsp3) is 0. The molecule has 0 fully saturated rings. The van der Waals surface area contributed by atoms with E-state index in [0.29, 0.717) is 11.4 Å². The van der Waals surface area contributed by atoms with Crippen LogP contribution in [-0.2, 0) is 0 Å². The quantitative estimate of drug-likeness (QED) is 0.574. The average molecular weight is 438 g/mol. The first kappa shape index (κ1) is 13.7. The number of carbonyl (C=O) groups is 1. The number of nitrogens with zero attached hydrogens (tertiary/aromatic N) is 2. The number of carbonyl (C=O) groups excluding carboxylic acids is 1. The minimum absolute atomic E-state index is 0.0921. The van der Waals surface area contributed by atoms with E-state index >= 15 is 0 Å². The lowest BCUT2D eigenvalue weighted by Crippen LogP contribution is -2.14. The van der Waals surface area contributed by atoms with Gasteiger partial charge in [-0.1, -0.05) is 0 Å². The highest BCUT2D eigenvalue weighted by Gasteiger charge is 2.11. The van der Waals surface area contributed by atoms with Crippen molar-refractivity contribution in [2.75, 3.05) is 5.32 Å². The van der Waals surface area contributed by atoms with Crippen LogP contribution in [0, 0.1) is 3.57 Å². The van der Waals surface area contributed by atoms with Gasteiger partial charge in [0.15, 0.2) is 0 Å². The standard InChI is InChI=1S/C11H6BrClIN3O/c12-8-2-1-6(14)5-7(8)10(18)16-9-3-4-15-11(13)17-9/h1-5H,(H,15,16,17,18). The zero-order chi connectivity index (χ0) is 13.1. The Bertz CT molecular complexity index is 609. The van der Waals surface area contributed by atoms with Crippen molar-refractivity contribution >= 4 is 61.8 Å². The van der Waals surface area contributed by atoms with Gasteiger partial charge in [-0.05, 0) is 74.4 Å². The van der Waals surface area contributed by atoms with Gasteiger partial charge >= 0.3 is 0 Å². The number of amides is 1. The van der Waals surface area contributed by atoms with Crippen LogP contribution in [-0.4, -0.2) is 15.9 Å². The van der Waals surface area contributed by atoms with Gasteiger partial charge in [0.1, 0.15) is 5.82 Å². The molecule has 1 N–H and O–H groups in total. The summed E-state index contributed by atoms with van der Waals surface area (Å²) in [5.74, 6) is 0.112. The molecule has 7 heteroatoms. The maximum absolute atomic E-state index is 12.1. The molecule has 0 saturated carbocycles. The van der Waals surface area contributed by atoms with Crippen molar-refractivity contribution in [3.05, 3.63) is 49.4 Å². The van der Waals surface area contributed by atoms with Gasteiger partial charge in [-0.25, -0.2) is 9.97 Å². The molecule has 0 aliphatic heterocycles. The number of rotatable bonds is 2. The molecule has 2 rings (SSSR count). The van der Waals surface area contributed by atoms with E-state index < -0.39 is 0 Å². The fourth-order valence-corrected chi connectivity index (χ4v) is 2.32. The molecule has 0 atom stereocenters. The van der Waals surface area contributed by atoms with E-state index in [0.717, 1.165) is 8.04 Å². The van der Waals surface area contributed by atoms with Crippen LogP contribution in [0.2, 0.25) is 5.28 Å². The highest BCUT2D eigenvalue weighted by atomic mass is 127. The van der Waals surface area contributed by atoms with Gasteiger partial charge < -0.3 is 5.32 Å². The molecule has 1 heterocycles. The third-order valence-electron chi connectivity index (χ3n) is 2.04. The highest BCUT2D eigenvalue weighted by molar-refractivity contribution is 14.1. The molecule has 1 amide bonds. The number of nitrogens with one attached hydrogen (secondary N) is 1. The van der Waals surface area contributed by atoms with Gasteiger partial charge in [0.25, 0.3) is 5.91 Å². The van der Waals surface area contributed by atoms with Crippen LogP contribution >= 0.6 is 50.1 Å². The number of anilines is 1. The Morgan fingerprint density at radius 1 is 1.39 bits per heavy atom. The molecule has 0 spiro atoms. The topological polar surface area (TPSA) is 54.9 Å². The lowest BCUT2D eigenvalue weighted by atomic mass is 10.2. The van der Waals surface area contributed by atoms with Crippen molar-refractivity contribution in [3.8, 4) is 0 Å². The number of halogens is 3. The Balaban J connectivity index is 2.24. The summed E-state index contributed by atoms with van der Waals surface area (Å²) in [4.78, 5) is 19.7. The summed E-state index contributed by atoms with van der Waals surface area (Å²) >= 11 is 11.1. The summed E-state index contributed by atoms with van der Waals surface area (Å²) in [6.45, 7) is 0. The van der Waals surface area contributed by atoms with E-state index in [1.807, 2.05) is 12.1 Å². The monoisotopic (exact) mass is 437 g/mol. The minimum atomic E-state index is -0.254. The second-order valence-electron chi connectivity index (χ2n) is 3.29. The zero-order valence-corrected chi connectivity index (χ0v) is 13.3. The van der Waals surface area contributed by atoms with E-state index in [2.05, 4.69) is 53.8 Å². The summed E-state index contributed by atoms with van der Waals surface area (Å²) in [6, 6.07) is 7.08. The van der Waals surface area contributed by atoms with Crippen molar-refractivity contribution in [2.45, 2.75) is 0 Å². The third-order valence-corrected chi connectivity index (χ3v) is 3.59. The Morgan fingerprint density at radius 2 is 2.17 bits per heavy atom. The van der Waals surface area contributed by atoms with E-state index in [1.165, 1.54) is 6.20 Å². The average Bonchev–Trinajstić information content (AvgIpc) is 2.32. The van der Waals surface area contributed by atoms with Crippen LogP contribution in [0.25, 0.3) is 0 Å². The largest absolute Gasteiger partial charge is 0.306 e. The SMILES string of the molecule is O=C(Nc1ccnc(Cl)n1)c1cc(I)ccc1Br. The predicted octanol–water partition coefficient (Wildman–Crippen LogP) is 3.75. The van der Waals surface area contributed by atoms with E-state index in [1.54, 1.807) is 12.1 Å². The minimum Gasteiger partial charge on any atom is -0.306 e. The normalized spacial score (nSPS) is 10.2. The number of hydrogen-bond acceptors (Lipinski definition) is 3. The molecule has 2 aromatic rings. The summed E-state index contributed by atoms with van der Waals surface area (Å²) < 4.78 is 1.70. The third kappa shape index (κ3) is 3.39. The molecule has 0 bridgehead atoms. The van der Waals surface area contributed by atoms with Crippen LogP contribution in [0.4, 0.5) is 5.82 Å². The molecule has 18 heavy (non-hydrogen) atoms. The van der Waals surface area contributed by atoms with E-state index in [9.17, 15) is 4.79 Å². The second kappa shape index (κ2) is 5.94. The van der Waals surface area contributed by atoms with Crippen molar-refractivity contribution in [1.29, 1.82) is 0 Å². The molecule has 1 aromatic carbocycles. The lowest BCUT2D eigenvalue weighted by molar-refractivity contribution is 0.102. The molecule has 0 aliphatic carbocycles. The summed E-state index contributed by atoms with van der Waals surface area (Å²) in [7, 11) is 0. The van der Waals surface area contributed by atoms with Crippen LogP contribution < -0.4 is 5.32 Å². The predicted molar refractivity (Wildman–Crippen MR) is 81.9 cm³/mol. The number of aromatic nitrogens is 2. The molecule has 0 aliphatic rings. The summed E-state index contributed by atoms with van der Waals surface area (Å²) in [5, 5.41) is 2.75. The van der Waals surface area contributed by atoms with E-state index in [-0.39, 0.29) is 11.2 Å². The Labute approximate surface area is 130 Å². The van der Waals surface area contributed by atoms with Gasteiger partial charge in [0.05, 0.1) is 5.56 Å². The van der Waals surface area contributed by atoms with Gasteiger partial charge in [0, 0.05) is 14.2 Å². The van der Waals surface area contributed by atoms with Gasteiger partial charge in [-0.15, -0.1) is 0 Å². The second-order valence-corrected chi connectivity index (χ2v) is 5.73. The highest BCUT2D eigenvalue weighted by Crippen LogP contribution is 2.20. The van der Waals surface area contributed by atoms with Gasteiger partial charge in [-0.3, -0.25) is 4.79 Å². The molecule has 0 unspecified atom stereocenters. The smallest absolute Gasteiger partial charge is 0.258 e. The molecule has 1 aromatic heterocycles. The van der Waals surface area contributed by atoms with Gasteiger partial charge in [0.2, 0.25) is 5.28 Å². The first-order valence-corrected chi connectivity index (χ1v) is 7.06. The molecular weight excluding hydrogens is 432 g/mol. The zero-order valence-electron chi connectivity index (χ0n) is 8.82. The Hall–Kier alpha value is -0.730. The van der Waals surface area contributed by atoms with Crippen LogP contribution in [0.1, 0.15) is 10.4 Å². The van der Waals surface area contributed by atoms with Gasteiger partial charge in [-0.2, -0.15) is 0 Å². The van der Waals surface area contributed by atoms with Crippen LogP contribution in [0.5, 0.6) is 0 Å². The molecule has 0 radical (unpaired) electrons. The molecule has 92 valence electrons. The Kier molecular flexibility index (Phi) is 4.52. The van der Waals surface area contributed by atoms with E-state index in [4.69, 9.17) is 11.6 Å². The van der Waals surface area contributed by atoms with Crippen molar-refractivity contribution in [1.82, 2.24) is 9.97 Å². The molecule has 4 nitrogen and oxygen atoms in total. The maximum Gasteiger partial charge on any atom is 0.258 e.